The Bertz CT molecular complexity index is 1490. The largest absolute Gasteiger partial charge is 0.492 e. The molecule has 0 spiro atoms. The van der Waals surface area contributed by atoms with E-state index in [4.69, 9.17) is 13.4 Å². The maximum atomic E-state index is 12.8. The molecule has 13 nitrogen and oxygen atoms in total. The summed E-state index contributed by atoms with van der Waals surface area (Å²) in [5.41, 5.74) is -0.257. The van der Waals surface area contributed by atoms with Gasteiger partial charge in [0.15, 0.2) is 23.1 Å². The van der Waals surface area contributed by atoms with E-state index >= 15 is 0 Å². The number of rotatable bonds is 8. The minimum atomic E-state index is -2.76. The van der Waals surface area contributed by atoms with Crippen molar-refractivity contribution in [2.75, 3.05) is 24.7 Å². The van der Waals surface area contributed by atoms with Crippen molar-refractivity contribution in [3.8, 4) is 17.1 Å². The monoisotopic (exact) mass is 494 g/mol. The first-order chi connectivity index (χ1) is 18.3. The Kier molecular flexibility index (Phi) is 5.70. The van der Waals surface area contributed by atoms with Crippen molar-refractivity contribution in [2.24, 2.45) is 0 Å². The Hall–Kier alpha value is -4.65. The van der Waals surface area contributed by atoms with Crippen LogP contribution in [0, 0.1) is 6.92 Å². The molecule has 0 aliphatic carbocycles. The molecule has 4 N–H and O–H groups in total. The molecule has 0 bridgehead atoms. The van der Waals surface area contributed by atoms with Gasteiger partial charge in [-0.05, 0) is 26.0 Å². The molecule has 0 fully saturated rings. The summed E-state index contributed by atoms with van der Waals surface area (Å²) >= 11 is 0. The van der Waals surface area contributed by atoms with Crippen molar-refractivity contribution in [3.63, 3.8) is 0 Å². The third-order valence-electron chi connectivity index (χ3n) is 4.98. The fraction of sp³-hybridized carbons (Fsp3) is 0.261. The van der Waals surface area contributed by atoms with Crippen LogP contribution in [0.15, 0.2) is 41.2 Å². The average Bonchev–Trinajstić information content (AvgIpc) is 3.29. The Balaban J connectivity index is 1.72. The molecule has 4 rings (SSSR count). The summed E-state index contributed by atoms with van der Waals surface area (Å²) in [5.74, 6) is 0.561. The normalized spacial score (nSPS) is 12.8. The zero-order valence-corrected chi connectivity index (χ0v) is 19.8. The van der Waals surface area contributed by atoms with Crippen LogP contribution in [-0.2, 0) is 5.60 Å². The van der Waals surface area contributed by atoms with Crippen molar-refractivity contribution in [1.29, 1.82) is 0 Å². The molecule has 4 heterocycles. The molecule has 186 valence electrons. The number of aryl methyl sites for hydroxylation is 1. The number of aliphatic hydroxyl groups is 1. The van der Waals surface area contributed by atoms with Gasteiger partial charge in [0.25, 0.3) is 5.91 Å². The van der Waals surface area contributed by atoms with Crippen LogP contribution in [0.2, 0.25) is 0 Å². The van der Waals surface area contributed by atoms with Gasteiger partial charge >= 0.3 is 0 Å². The molecule has 36 heavy (non-hydrogen) atoms. The predicted octanol–water partition coefficient (Wildman–Crippen LogP) is 2.71. The number of ether oxygens (including phenoxy) is 1. The highest BCUT2D eigenvalue weighted by molar-refractivity contribution is 5.98. The summed E-state index contributed by atoms with van der Waals surface area (Å²) < 4.78 is 32.8. The van der Waals surface area contributed by atoms with E-state index in [2.05, 4.69) is 40.9 Å². The number of hydrogen-bond acceptors (Lipinski definition) is 12. The van der Waals surface area contributed by atoms with Crippen LogP contribution >= 0.6 is 0 Å². The number of methoxy groups -OCH3 is 1. The molecule has 0 aromatic carbocycles. The highest BCUT2D eigenvalue weighted by Gasteiger charge is 2.21. The molecule has 4 aromatic heterocycles. The molecule has 0 aliphatic rings. The van der Waals surface area contributed by atoms with Crippen LogP contribution in [0.1, 0.15) is 39.9 Å². The number of amides is 1. The zero-order valence-electron chi connectivity index (χ0n) is 22.8. The average molecular weight is 495 g/mol. The molecular weight excluding hydrogens is 466 g/mol. The molecule has 0 radical (unpaired) electrons. The second-order valence-electron chi connectivity index (χ2n) is 8.06. The first kappa shape index (κ1) is 20.7. The summed E-state index contributed by atoms with van der Waals surface area (Å²) in [7, 11) is 1.42. The standard InChI is InChI=1S/C23H25N9O4/c1-12-27-20(32-36-12)14-8-9-25-21(19(14)35-5)28-15-10-17(30-31-18(15)22(33)24-4)29-16-7-6-13(11-26-16)23(2,3)34/h6-11,34H,1-5H3,(H,24,33)(H2,25,26,28,29,30)/i4D3. The molecule has 13 heteroatoms. The first-order valence-corrected chi connectivity index (χ1v) is 10.6. The van der Waals surface area contributed by atoms with E-state index in [1.807, 2.05) is 5.32 Å². The van der Waals surface area contributed by atoms with Crippen LogP contribution in [0.25, 0.3) is 11.4 Å². The molecule has 0 saturated heterocycles. The van der Waals surface area contributed by atoms with Gasteiger partial charge in [0, 0.05) is 42.0 Å². The Labute approximate surface area is 210 Å². The smallest absolute Gasteiger partial charge is 0.273 e. The number of nitrogens with zero attached hydrogens (tertiary/aromatic N) is 6. The van der Waals surface area contributed by atoms with Gasteiger partial charge in [-0.15, -0.1) is 10.2 Å². The summed E-state index contributed by atoms with van der Waals surface area (Å²) in [5, 5.41) is 29.8. The fourth-order valence-corrected chi connectivity index (χ4v) is 3.19. The van der Waals surface area contributed by atoms with E-state index in [-0.39, 0.29) is 34.6 Å². The number of pyridine rings is 2. The van der Waals surface area contributed by atoms with Gasteiger partial charge in [-0.3, -0.25) is 4.79 Å². The number of carbonyl (C=O) groups excluding carboxylic acids is 1. The van der Waals surface area contributed by atoms with Crippen molar-refractivity contribution in [1.82, 2.24) is 35.6 Å². The third-order valence-corrected chi connectivity index (χ3v) is 4.98. The maximum absolute atomic E-state index is 12.8. The van der Waals surface area contributed by atoms with Gasteiger partial charge in [-0.25, -0.2) is 9.97 Å². The summed E-state index contributed by atoms with van der Waals surface area (Å²) in [6.07, 6.45) is 2.98. The zero-order chi connectivity index (χ0) is 28.4. The fourth-order valence-electron chi connectivity index (χ4n) is 3.19. The quantitative estimate of drug-likeness (QED) is 0.282. The van der Waals surface area contributed by atoms with Crippen molar-refractivity contribution in [3.05, 3.63) is 53.8 Å². The van der Waals surface area contributed by atoms with Crippen LogP contribution in [-0.4, -0.2) is 55.4 Å². The highest BCUT2D eigenvalue weighted by Crippen LogP contribution is 2.35. The number of aromatic nitrogens is 6. The number of hydrogen-bond donors (Lipinski definition) is 4. The van der Waals surface area contributed by atoms with Crippen molar-refractivity contribution >= 4 is 29.0 Å². The van der Waals surface area contributed by atoms with Crippen LogP contribution in [0.3, 0.4) is 0 Å². The molecule has 1 amide bonds. The molecule has 0 unspecified atom stereocenters. The summed E-state index contributed by atoms with van der Waals surface area (Å²) in [4.78, 5) is 25.5. The van der Waals surface area contributed by atoms with Gasteiger partial charge in [0.1, 0.15) is 5.82 Å². The summed E-state index contributed by atoms with van der Waals surface area (Å²) in [6, 6.07) is 6.38. The molecular formula is C23H25N9O4. The van der Waals surface area contributed by atoms with Gasteiger partial charge in [0.05, 0.1) is 24.0 Å². The molecule has 0 aliphatic heterocycles. The van der Waals surface area contributed by atoms with Crippen molar-refractivity contribution < 1.29 is 23.3 Å². The van der Waals surface area contributed by atoms with Gasteiger partial charge in [-0.1, -0.05) is 11.2 Å². The highest BCUT2D eigenvalue weighted by atomic mass is 16.5. The van der Waals surface area contributed by atoms with Crippen LogP contribution < -0.4 is 20.7 Å². The second-order valence-corrected chi connectivity index (χ2v) is 8.06. The molecule has 4 aromatic rings. The van der Waals surface area contributed by atoms with Gasteiger partial charge < -0.3 is 30.3 Å². The Morgan fingerprint density at radius 3 is 2.64 bits per heavy atom. The van der Waals surface area contributed by atoms with E-state index in [0.29, 0.717) is 22.8 Å². The minimum Gasteiger partial charge on any atom is -0.492 e. The Morgan fingerprint density at radius 2 is 2.00 bits per heavy atom. The second kappa shape index (κ2) is 9.92. The summed E-state index contributed by atoms with van der Waals surface area (Å²) in [6.45, 7) is 2.16. The van der Waals surface area contributed by atoms with E-state index in [1.165, 1.54) is 25.6 Å². The van der Waals surface area contributed by atoms with E-state index < -0.39 is 18.5 Å². The number of carbonyl (C=O) groups is 1. The topological polar surface area (TPSA) is 173 Å². The lowest BCUT2D eigenvalue weighted by atomic mass is 10.0. The number of nitrogens with one attached hydrogen (secondary N) is 3. The van der Waals surface area contributed by atoms with E-state index in [9.17, 15) is 9.90 Å². The number of anilines is 4. The molecule has 0 atom stereocenters. The third kappa shape index (κ3) is 5.20. The lowest BCUT2D eigenvalue weighted by Gasteiger charge is -2.17. The Morgan fingerprint density at radius 1 is 1.17 bits per heavy atom. The lowest BCUT2D eigenvalue weighted by molar-refractivity contribution is 0.0782. The van der Waals surface area contributed by atoms with Crippen molar-refractivity contribution in [2.45, 2.75) is 26.4 Å². The molecule has 0 saturated carbocycles. The van der Waals surface area contributed by atoms with E-state index in [1.54, 1.807) is 39.0 Å². The first-order valence-electron chi connectivity index (χ1n) is 12.1. The predicted molar refractivity (Wildman–Crippen MR) is 130 cm³/mol. The van der Waals surface area contributed by atoms with Gasteiger partial charge in [0.2, 0.25) is 11.7 Å². The van der Waals surface area contributed by atoms with Crippen LogP contribution in [0.4, 0.5) is 23.1 Å². The van der Waals surface area contributed by atoms with Gasteiger partial charge in [-0.2, -0.15) is 4.98 Å². The minimum absolute atomic E-state index is 0.0644. The SMILES string of the molecule is [2H]C([2H])([2H])NC(=O)c1nnc(Nc2ccc(C(C)(C)O)cn2)cc1Nc1nccc(-c2noc(C)n2)c1OC. The lowest BCUT2D eigenvalue weighted by Crippen LogP contribution is -2.21. The van der Waals surface area contributed by atoms with E-state index in [0.717, 1.165) is 0 Å². The van der Waals surface area contributed by atoms with Crippen LogP contribution in [0.5, 0.6) is 5.75 Å². The maximum Gasteiger partial charge on any atom is 0.273 e.